The van der Waals surface area contributed by atoms with E-state index in [-0.39, 0.29) is 23.7 Å². The van der Waals surface area contributed by atoms with Crippen LogP contribution in [0.3, 0.4) is 0 Å². The molecule has 38 heavy (non-hydrogen) atoms. The third kappa shape index (κ3) is 13.4. The number of hydrazine groups is 1. The van der Waals surface area contributed by atoms with E-state index in [0.717, 1.165) is 68.4 Å². The van der Waals surface area contributed by atoms with Gasteiger partial charge in [-0.15, -0.1) is 0 Å². The second-order valence-corrected chi connectivity index (χ2v) is 11.1. The minimum absolute atomic E-state index is 0.0664. The molecule has 0 fully saturated rings. The Labute approximate surface area is 233 Å². The third-order valence-corrected chi connectivity index (χ3v) is 7.54. The molecule has 214 valence electrons. The van der Waals surface area contributed by atoms with Crippen molar-refractivity contribution in [3.8, 4) is 0 Å². The molecular formula is C33H55N3O2. The topological polar surface area (TPSA) is 81.6 Å². The Bertz CT molecular complexity index is 854. The Hall–Kier alpha value is -2.37. The fraction of sp³-hybridized carbons (Fsp3) is 0.606. The largest absolute Gasteiger partial charge is 0.495 e. The second-order valence-electron chi connectivity index (χ2n) is 11.1. The SMILES string of the molecule is C=C/C=C(\C=C/C)C(/C)=C/N(N)CCC1CCC(=O)/C=C/[C@@H](C)C[C@H](CN)[C@@H](CC)OC(=C)CCC(C)C1. The fourth-order valence-electron chi connectivity index (χ4n) is 5.26. The highest BCUT2D eigenvalue weighted by molar-refractivity contribution is 5.89. The van der Waals surface area contributed by atoms with Crippen LogP contribution in [-0.2, 0) is 9.53 Å². The van der Waals surface area contributed by atoms with Gasteiger partial charge in [0.15, 0.2) is 5.78 Å². The van der Waals surface area contributed by atoms with E-state index in [1.807, 2.05) is 31.4 Å². The number of ketones is 1. The fourth-order valence-corrected chi connectivity index (χ4v) is 5.26. The zero-order valence-electron chi connectivity index (χ0n) is 24.8. The highest BCUT2D eigenvalue weighted by Gasteiger charge is 2.23. The molecule has 0 saturated carbocycles. The smallest absolute Gasteiger partial charge is 0.155 e. The Morgan fingerprint density at radius 1 is 1.24 bits per heavy atom. The summed E-state index contributed by atoms with van der Waals surface area (Å²) in [6.07, 6.45) is 20.8. The molecule has 0 radical (unpaired) electrons. The van der Waals surface area contributed by atoms with Gasteiger partial charge in [0.1, 0.15) is 6.10 Å². The summed E-state index contributed by atoms with van der Waals surface area (Å²) in [5.41, 5.74) is 8.30. The molecule has 5 heteroatoms. The minimum Gasteiger partial charge on any atom is -0.495 e. The first-order valence-electron chi connectivity index (χ1n) is 14.5. The van der Waals surface area contributed by atoms with Crippen LogP contribution in [-0.4, -0.2) is 30.0 Å². The average Bonchev–Trinajstić information content (AvgIpc) is 2.88. The van der Waals surface area contributed by atoms with Gasteiger partial charge < -0.3 is 15.5 Å². The Morgan fingerprint density at radius 3 is 2.61 bits per heavy atom. The molecular weight excluding hydrogens is 470 g/mol. The minimum atomic E-state index is 0.0664. The van der Waals surface area contributed by atoms with E-state index in [1.165, 1.54) is 0 Å². The Balaban J connectivity index is 2.95. The zero-order valence-corrected chi connectivity index (χ0v) is 24.8. The maximum Gasteiger partial charge on any atom is 0.155 e. The van der Waals surface area contributed by atoms with Crippen LogP contribution < -0.4 is 11.6 Å². The lowest BCUT2D eigenvalue weighted by Gasteiger charge is -2.29. The number of allylic oxidation sites excluding steroid dienone is 9. The molecule has 0 spiro atoms. The molecule has 0 saturated heterocycles. The van der Waals surface area contributed by atoms with Crippen molar-refractivity contribution >= 4 is 5.78 Å². The molecule has 1 aliphatic heterocycles. The lowest BCUT2D eigenvalue weighted by Crippen LogP contribution is -2.31. The lowest BCUT2D eigenvalue weighted by atomic mass is 9.86. The van der Waals surface area contributed by atoms with Crippen molar-refractivity contribution in [3.63, 3.8) is 0 Å². The van der Waals surface area contributed by atoms with Gasteiger partial charge in [-0.1, -0.05) is 64.3 Å². The third-order valence-electron chi connectivity index (χ3n) is 7.54. The Kier molecular flexibility index (Phi) is 16.7. The molecule has 2 unspecified atom stereocenters. The van der Waals surface area contributed by atoms with E-state index in [4.69, 9.17) is 16.3 Å². The molecule has 1 aliphatic rings. The van der Waals surface area contributed by atoms with Crippen molar-refractivity contribution < 1.29 is 9.53 Å². The molecule has 0 aromatic carbocycles. The first kappa shape index (κ1) is 33.7. The molecule has 0 aliphatic carbocycles. The zero-order chi connectivity index (χ0) is 28.5. The van der Waals surface area contributed by atoms with E-state index >= 15 is 0 Å². The van der Waals surface area contributed by atoms with Crippen molar-refractivity contribution in [2.24, 2.45) is 35.2 Å². The number of carbonyl (C=O) groups is 1. The van der Waals surface area contributed by atoms with E-state index < -0.39 is 0 Å². The molecule has 0 aromatic rings. The van der Waals surface area contributed by atoms with E-state index in [1.54, 1.807) is 17.2 Å². The summed E-state index contributed by atoms with van der Waals surface area (Å²) in [6, 6.07) is 0. The predicted molar refractivity (Wildman–Crippen MR) is 163 cm³/mol. The van der Waals surface area contributed by atoms with Gasteiger partial charge in [0.2, 0.25) is 0 Å². The number of nitrogens with zero attached hydrogens (tertiary/aromatic N) is 1. The number of hydrogen-bond donors (Lipinski definition) is 2. The van der Waals surface area contributed by atoms with E-state index in [0.29, 0.717) is 24.8 Å². The first-order chi connectivity index (χ1) is 18.1. The summed E-state index contributed by atoms with van der Waals surface area (Å²) >= 11 is 0. The number of nitrogens with two attached hydrogens (primary N) is 2. The van der Waals surface area contributed by atoms with Crippen LogP contribution >= 0.6 is 0 Å². The van der Waals surface area contributed by atoms with Crippen LogP contribution in [0.1, 0.15) is 86.0 Å². The van der Waals surface area contributed by atoms with Gasteiger partial charge in [0, 0.05) is 31.5 Å². The molecule has 0 aromatic heterocycles. The molecule has 1 heterocycles. The summed E-state index contributed by atoms with van der Waals surface area (Å²) in [5, 5.41) is 1.78. The van der Waals surface area contributed by atoms with Gasteiger partial charge >= 0.3 is 0 Å². The number of rotatable bonds is 9. The van der Waals surface area contributed by atoms with Crippen LogP contribution in [0.5, 0.6) is 0 Å². The Morgan fingerprint density at radius 2 is 1.97 bits per heavy atom. The normalized spacial score (nSPS) is 28.2. The van der Waals surface area contributed by atoms with Gasteiger partial charge in [-0.2, -0.15) is 0 Å². The van der Waals surface area contributed by atoms with Crippen molar-refractivity contribution in [2.45, 2.75) is 92.1 Å². The second kappa shape index (κ2) is 18.8. The van der Waals surface area contributed by atoms with Crippen molar-refractivity contribution in [2.75, 3.05) is 13.1 Å². The predicted octanol–water partition coefficient (Wildman–Crippen LogP) is 7.40. The number of carbonyl (C=O) groups excluding carboxylic acids is 1. The van der Waals surface area contributed by atoms with Crippen molar-refractivity contribution in [3.05, 3.63) is 72.7 Å². The summed E-state index contributed by atoms with van der Waals surface area (Å²) < 4.78 is 6.31. The van der Waals surface area contributed by atoms with Crippen LogP contribution in [0.4, 0.5) is 0 Å². The van der Waals surface area contributed by atoms with E-state index in [9.17, 15) is 4.79 Å². The molecule has 1 rings (SSSR count). The molecule has 4 N–H and O–H groups in total. The quantitative estimate of drug-likeness (QED) is 0.186. The van der Waals surface area contributed by atoms with E-state index in [2.05, 4.69) is 46.9 Å². The van der Waals surface area contributed by atoms with Crippen LogP contribution in [0.15, 0.2) is 72.7 Å². The highest BCUT2D eigenvalue weighted by atomic mass is 16.5. The van der Waals surface area contributed by atoms with Crippen molar-refractivity contribution in [1.82, 2.24) is 5.01 Å². The maximum atomic E-state index is 12.7. The lowest BCUT2D eigenvalue weighted by molar-refractivity contribution is -0.115. The number of hydrogen-bond acceptors (Lipinski definition) is 5. The van der Waals surface area contributed by atoms with Gasteiger partial charge in [-0.05, 0) is 93.9 Å². The van der Waals surface area contributed by atoms with Crippen LogP contribution in [0.2, 0.25) is 0 Å². The summed E-state index contributed by atoms with van der Waals surface area (Å²) in [5.74, 6) is 8.88. The summed E-state index contributed by atoms with van der Waals surface area (Å²) in [7, 11) is 0. The molecule has 0 amide bonds. The van der Waals surface area contributed by atoms with Gasteiger partial charge in [-0.3, -0.25) is 4.79 Å². The standard InChI is InChI=1S/C33H55N3O2/c1-8-11-30(12-9-2)27(6)24-36(35)20-19-29-16-18-32(37)17-14-26(5)22-31(23-34)33(10-3)38-28(7)15-13-25(4)21-29/h8-9,11-12,14,17,24-26,29,31,33H,1,7,10,13,15-16,18-23,34-35H2,2-6H3/b12-9-,17-14+,27-24+,30-11+/t25?,26-,29?,31-,33-/m1/s1. The van der Waals surface area contributed by atoms with Crippen molar-refractivity contribution in [1.29, 1.82) is 0 Å². The first-order valence-corrected chi connectivity index (χ1v) is 14.5. The molecule has 5 atom stereocenters. The van der Waals surface area contributed by atoms with Crippen LogP contribution in [0.25, 0.3) is 0 Å². The van der Waals surface area contributed by atoms with Gasteiger partial charge in [-0.25, -0.2) is 5.84 Å². The summed E-state index contributed by atoms with van der Waals surface area (Å²) in [6.45, 7) is 20.0. The van der Waals surface area contributed by atoms with Crippen LogP contribution in [0, 0.1) is 23.7 Å². The molecule has 0 bridgehead atoms. The average molecular weight is 526 g/mol. The van der Waals surface area contributed by atoms with Gasteiger partial charge in [0.05, 0.1) is 5.76 Å². The van der Waals surface area contributed by atoms with Gasteiger partial charge in [0.25, 0.3) is 0 Å². The monoisotopic (exact) mass is 525 g/mol. The summed E-state index contributed by atoms with van der Waals surface area (Å²) in [4.78, 5) is 12.7. The number of ether oxygens (including phenoxy) is 1. The molecule has 5 nitrogen and oxygen atoms in total. The highest BCUT2D eigenvalue weighted by Crippen LogP contribution is 2.28. The maximum absolute atomic E-state index is 12.7.